The van der Waals surface area contributed by atoms with Crippen molar-refractivity contribution in [2.24, 2.45) is 0 Å². The predicted octanol–water partition coefficient (Wildman–Crippen LogP) is -0.0862. The van der Waals surface area contributed by atoms with Crippen LogP contribution in [0.3, 0.4) is 0 Å². The summed E-state index contributed by atoms with van der Waals surface area (Å²) < 4.78 is 1.74. The Morgan fingerprint density at radius 3 is 3.00 bits per heavy atom. The standard InChI is InChI=1S/C10H19N5O/c1-3-10(16)12-5-6-15-8-9(13-14-15)7-11-4-2/h8,11H,3-7H2,1-2H3,(H,12,16). The van der Waals surface area contributed by atoms with Gasteiger partial charge in [-0.15, -0.1) is 5.10 Å². The van der Waals surface area contributed by atoms with Gasteiger partial charge in [-0.3, -0.25) is 9.48 Å². The molecule has 1 aromatic rings. The van der Waals surface area contributed by atoms with Crippen LogP contribution < -0.4 is 10.6 Å². The maximum Gasteiger partial charge on any atom is 0.219 e. The lowest BCUT2D eigenvalue weighted by atomic mass is 10.4. The molecule has 0 aliphatic rings. The SMILES string of the molecule is CCNCc1cn(CCNC(=O)CC)nn1. The van der Waals surface area contributed by atoms with Gasteiger partial charge in [0.1, 0.15) is 0 Å². The van der Waals surface area contributed by atoms with Gasteiger partial charge in [0, 0.05) is 25.7 Å². The fourth-order valence-electron chi connectivity index (χ4n) is 1.22. The number of nitrogens with one attached hydrogen (secondary N) is 2. The molecular weight excluding hydrogens is 206 g/mol. The summed E-state index contributed by atoms with van der Waals surface area (Å²) in [5.74, 6) is 0.0630. The van der Waals surface area contributed by atoms with Crippen LogP contribution in [0.15, 0.2) is 6.20 Å². The van der Waals surface area contributed by atoms with E-state index in [-0.39, 0.29) is 5.91 Å². The number of carbonyl (C=O) groups excluding carboxylic acids is 1. The number of amides is 1. The first-order valence-corrected chi connectivity index (χ1v) is 5.62. The maximum absolute atomic E-state index is 11.0. The van der Waals surface area contributed by atoms with Gasteiger partial charge in [-0.1, -0.05) is 19.1 Å². The van der Waals surface area contributed by atoms with E-state index in [2.05, 4.69) is 20.9 Å². The molecule has 2 N–H and O–H groups in total. The van der Waals surface area contributed by atoms with E-state index < -0.39 is 0 Å². The molecule has 1 heterocycles. The van der Waals surface area contributed by atoms with Gasteiger partial charge < -0.3 is 10.6 Å². The molecule has 6 nitrogen and oxygen atoms in total. The van der Waals surface area contributed by atoms with Gasteiger partial charge in [-0.25, -0.2) is 0 Å². The van der Waals surface area contributed by atoms with Crippen LogP contribution in [0.1, 0.15) is 26.0 Å². The number of hydrogen-bond donors (Lipinski definition) is 2. The van der Waals surface area contributed by atoms with E-state index in [9.17, 15) is 4.79 Å². The lowest BCUT2D eigenvalue weighted by Crippen LogP contribution is -2.26. The summed E-state index contributed by atoms with van der Waals surface area (Å²) in [5, 5.41) is 13.9. The highest BCUT2D eigenvalue weighted by atomic mass is 16.1. The molecule has 0 aliphatic heterocycles. The summed E-state index contributed by atoms with van der Waals surface area (Å²) in [7, 11) is 0. The zero-order valence-electron chi connectivity index (χ0n) is 9.86. The molecule has 0 atom stereocenters. The molecule has 0 saturated carbocycles. The van der Waals surface area contributed by atoms with E-state index in [1.807, 2.05) is 20.0 Å². The molecule has 0 spiro atoms. The highest BCUT2D eigenvalue weighted by Gasteiger charge is 2.00. The number of nitrogens with zero attached hydrogens (tertiary/aromatic N) is 3. The average molecular weight is 225 g/mol. The molecule has 0 bridgehead atoms. The largest absolute Gasteiger partial charge is 0.354 e. The molecule has 0 fully saturated rings. The Labute approximate surface area is 95.4 Å². The Morgan fingerprint density at radius 2 is 2.31 bits per heavy atom. The van der Waals surface area contributed by atoms with Crippen LogP contribution in [0.5, 0.6) is 0 Å². The van der Waals surface area contributed by atoms with Crippen LogP contribution >= 0.6 is 0 Å². The molecule has 0 saturated heterocycles. The van der Waals surface area contributed by atoms with E-state index in [0.717, 1.165) is 18.8 Å². The molecule has 1 rings (SSSR count). The van der Waals surface area contributed by atoms with Gasteiger partial charge in [-0.2, -0.15) is 0 Å². The van der Waals surface area contributed by atoms with Crippen LogP contribution in [0.25, 0.3) is 0 Å². The predicted molar refractivity (Wildman–Crippen MR) is 60.7 cm³/mol. The smallest absolute Gasteiger partial charge is 0.219 e. The van der Waals surface area contributed by atoms with E-state index >= 15 is 0 Å². The van der Waals surface area contributed by atoms with Crippen molar-refractivity contribution in [1.82, 2.24) is 25.6 Å². The summed E-state index contributed by atoms with van der Waals surface area (Å²) in [6.45, 7) is 6.78. The molecule has 90 valence electrons. The fraction of sp³-hybridized carbons (Fsp3) is 0.700. The van der Waals surface area contributed by atoms with Crippen LogP contribution in [0.2, 0.25) is 0 Å². The van der Waals surface area contributed by atoms with Crippen molar-refractivity contribution >= 4 is 5.91 Å². The summed E-state index contributed by atoms with van der Waals surface area (Å²) in [5.41, 5.74) is 0.920. The van der Waals surface area contributed by atoms with Crippen molar-refractivity contribution in [3.05, 3.63) is 11.9 Å². The first-order chi connectivity index (χ1) is 7.76. The zero-order chi connectivity index (χ0) is 11.8. The Balaban J connectivity index is 2.26. The minimum atomic E-state index is 0.0630. The molecule has 0 unspecified atom stereocenters. The van der Waals surface area contributed by atoms with Crippen LogP contribution in [0, 0.1) is 0 Å². The minimum absolute atomic E-state index is 0.0630. The van der Waals surface area contributed by atoms with E-state index in [4.69, 9.17) is 0 Å². The second kappa shape index (κ2) is 6.95. The quantitative estimate of drug-likeness (QED) is 0.680. The summed E-state index contributed by atoms with van der Waals surface area (Å²) in [6, 6.07) is 0. The Bertz CT molecular complexity index is 323. The lowest BCUT2D eigenvalue weighted by molar-refractivity contribution is -0.120. The number of hydrogen-bond acceptors (Lipinski definition) is 4. The maximum atomic E-state index is 11.0. The minimum Gasteiger partial charge on any atom is -0.354 e. The number of rotatable bonds is 7. The van der Waals surface area contributed by atoms with E-state index in [1.54, 1.807) is 4.68 Å². The van der Waals surface area contributed by atoms with Gasteiger partial charge in [0.25, 0.3) is 0 Å². The fourth-order valence-corrected chi connectivity index (χ4v) is 1.22. The molecule has 0 aliphatic carbocycles. The first kappa shape index (κ1) is 12.6. The van der Waals surface area contributed by atoms with Crippen LogP contribution in [-0.4, -0.2) is 34.0 Å². The molecule has 6 heteroatoms. The monoisotopic (exact) mass is 225 g/mol. The Hall–Kier alpha value is -1.43. The molecule has 1 amide bonds. The van der Waals surface area contributed by atoms with Crippen molar-refractivity contribution in [3.63, 3.8) is 0 Å². The van der Waals surface area contributed by atoms with Gasteiger partial charge in [0.2, 0.25) is 5.91 Å². The van der Waals surface area contributed by atoms with Crippen molar-refractivity contribution in [1.29, 1.82) is 0 Å². The average Bonchev–Trinajstić information content (AvgIpc) is 2.74. The molecule has 0 radical (unpaired) electrons. The zero-order valence-corrected chi connectivity index (χ0v) is 9.86. The second-order valence-electron chi connectivity index (χ2n) is 3.46. The highest BCUT2D eigenvalue weighted by Crippen LogP contribution is 1.91. The molecule has 1 aromatic heterocycles. The summed E-state index contributed by atoms with van der Waals surface area (Å²) >= 11 is 0. The van der Waals surface area contributed by atoms with Gasteiger partial charge in [-0.05, 0) is 6.54 Å². The summed E-state index contributed by atoms with van der Waals surface area (Å²) in [4.78, 5) is 11.0. The lowest BCUT2D eigenvalue weighted by Gasteiger charge is -2.02. The van der Waals surface area contributed by atoms with Gasteiger partial charge >= 0.3 is 0 Å². The first-order valence-electron chi connectivity index (χ1n) is 5.62. The van der Waals surface area contributed by atoms with Crippen molar-refractivity contribution < 1.29 is 4.79 Å². The normalized spacial score (nSPS) is 10.4. The van der Waals surface area contributed by atoms with Gasteiger partial charge in [0.05, 0.1) is 12.2 Å². The number of carbonyl (C=O) groups is 1. The second-order valence-corrected chi connectivity index (χ2v) is 3.46. The third-order valence-electron chi connectivity index (χ3n) is 2.13. The van der Waals surface area contributed by atoms with E-state index in [0.29, 0.717) is 19.5 Å². The van der Waals surface area contributed by atoms with Crippen LogP contribution in [0.4, 0.5) is 0 Å². The third-order valence-corrected chi connectivity index (χ3v) is 2.13. The molecule has 0 aromatic carbocycles. The van der Waals surface area contributed by atoms with Crippen LogP contribution in [-0.2, 0) is 17.9 Å². The molecular formula is C10H19N5O. The van der Waals surface area contributed by atoms with Crippen molar-refractivity contribution in [2.45, 2.75) is 33.4 Å². The van der Waals surface area contributed by atoms with Gasteiger partial charge in [0.15, 0.2) is 0 Å². The number of aromatic nitrogens is 3. The van der Waals surface area contributed by atoms with Crippen molar-refractivity contribution in [3.8, 4) is 0 Å². The molecule has 16 heavy (non-hydrogen) atoms. The Kier molecular flexibility index (Phi) is 5.49. The third kappa shape index (κ3) is 4.39. The highest BCUT2D eigenvalue weighted by molar-refractivity contribution is 5.75. The van der Waals surface area contributed by atoms with E-state index in [1.165, 1.54) is 0 Å². The van der Waals surface area contributed by atoms with Crippen molar-refractivity contribution in [2.75, 3.05) is 13.1 Å². The topological polar surface area (TPSA) is 71.8 Å². The summed E-state index contributed by atoms with van der Waals surface area (Å²) in [6.07, 6.45) is 2.41. The Morgan fingerprint density at radius 1 is 1.50 bits per heavy atom.